The normalized spacial score (nSPS) is 10.9. The van der Waals surface area contributed by atoms with Crippen LogP contribution in [0.15, 0.2) is 16.1 Å². The zero-order valence-corrected chi connectivity index (χ0v) is 13.6. The molecule has 104 valence electrons. The fourth-order valence-corrected chi connectivity index (χ4v) is 4.33. The van der Waals surface area contributed by atoms with Crippen LogP contribution in [-0.4, -0.2) is 9.36 Å². The molecule has 3 rings (SSSR count). The fraction of sp³-hybridized carbons (Fsp3) is 0.231. The minimum Gasteiger partial charge on any atom is -0.382 e. The van der Waals surface area contributed by atoms with Gasteiger partial charge in [-0.15, -0.1) is 11.3 Å². The third-order valence-electron chi connectivity index (χ3n) is 2.95. The standard InChI is InChI=1S/C13H14N4S3/c1-7-4-18-6-9(7)3-15-12-10(11(14)17-20-12)13-16-8(2)5-19-13/h4-6,15H,3H2,1-2H3,(H2,14,17). The molecule has 0 aliphatic heterocycles. The molecule has 0 fully saturated rings. The van der Waals surface area contributed by atoms with Crippen LogP contribution in [0.5, 0.6) is 0 Å². The summed E-state index contributed by atoms with van der Waals surface area (Å²) < 4.78 is 4.25. The molecule has 20 heavy (non-hydrogen) atoms. The van der Waals surface area contributed by atoms with Crippen molar-refractivity contribution in [3.8, 4) is 10.6 Å². The highest BCUT2D eigenvalue weighted by atomic mass is 32.1. The summed E-state index contributed by atoms with van der Waals surface area (Å²) in [6, 6.07) is 0. The maximum Gasteiger partial charge on any atom is 0.149 e. The molecule has 3 N–H and O–H groups in total. The second kappa shape index (κ2) is 5.51. The van der Waals surface area contributed by atoms with Gasteiger partial charge in [0.15, 0.2) is 0 Å². The molecular formula is C13H14N4S3. The van der Waals surface area contributed by atoms with Gasteiger partial charge in [-0.3, -0.25) is 0 Å². The predicted molar refractivity (Wildman–Crippen MR) is 88.8 cm³/mol. The predicted octanol–water partition coefficient (Wildman–Crippen LogP) is 4.14. The highest BCUT2D eigenvalue weighted by Gasteiger charge is 2.16. The van der Waals surface area contributed by atoms with Crippen molar-refractivity contribution < 1.29 is 0 Å². The minimum atomic E-state index is 0.550. The Kier molecular flexibility index (Phi) is 3.73. The summed E-state index contributed by atoms with van der Waals surface area (Å²) in [4.78, 5) is 4.50. The van der Waals surface area contributed by atoms with Crippen LogP contribution in [0.2, 0.25) is 0 Å². The van der Waals surface area contributed by atoms with Gasteiger partial charge in [0, 0.05) is 17.6 Å². The average molecular weight is 322 g/mol. The molecule has 0 aliphatic carbocycles. The maximum absolute atomic E-state index is 5.99. The first-order valence-corrected chi connectivity index (χ1v) is 8.68. The summed E-state index contributed by atoms with van der Waals surface area (Å²) in [5, 5.41) is 11.7. The summed E-state index contributed by atoms with van der Waals surface area (Å²) in [5.74, 6) is 0.550. The van der Waals surface area contributed by atoms with E-state index in [0.29, 0.717) is 5.82 Å². The highest BCUT2D eigenvalue weighted by Crippen LogP contribution is 2.38. The molecule has 4 nitrogen and oxygen atoms in total. The van der Waals surface area contributed by atoms with E-state index in [9.17, 15) is 0 Å². The number of thiazole rings is 1. The Morgan fingerprint density at radius 1 is 1.25 bits per heavy atom. The zero-order chi connectivity index (χ0) is 14.1. The van der Waals surface area contributed by atoms with Crippen molar-refractivity contribution in [3.05, 3.63) is 33.0 Å². The summed E-state index contributed by atoms with van der Waals surface area (Å²) in [6.45, 7) is 4.89. The van der Waals surface area contributed by atoms with E-state index >= 15 is 0 Å². The Labute approximate surface area is 129 Å². The molecule has 0 atom stereocenters. The number of nitrogens with zero attached hydrogens (tertiary/aromatic N) is 2. The maximum atomic E-state index is 5.99. The van der Waals surface area contributed by atoms with Crippen molar-refractivity contribution in [3.63, 3.8) is 0 Å². The number of thiophene rings is 1. The molecule has 3 aromatic rings. The van der Waals surface area contributed by atoms with Gasteiger partial charge < -0.3 is 11.1 Å². The molecule has 0 unspecified atom stereocenters. The third-order valence-corrected chi connectivity index (χ3v) is 5.66. The Hall–Kier alpha value is -1.44. The quantitative estimate of drug-likeness (QED) is 0.758. The van der Waals surface area contributed by atoms with Gasteiger partial charge in [-0.05, 0) is 47.3 Å². The van der Waals surface area contributed by atoms with E-state index in [2.05, 4.69) is 32.4 Å². The van der Waals surface area contributed by atoms with E-state index < -0.39 is 0 Å². The molecular weight excluding hydrogens is 308 g/mol. The number of anilines is 2. The van der Waals surface area contributed by atoms with Gasteiger partial charge in [0.05, 0.1) is 5.56 Å². The number of nitrogens with two attached hydrogens (primary N) is 1. The molecule has 0 radical (unpaired) electrons. The average Bonchev–Trinajstić information content (AvgIpc) is 3.09. The summed E-state index contributed by atoms with van der Waals surface area (Å²) >= 11 is 4.71. The van der Waals surface area contributed by atoms with Crippen LogP contribution in [0.25, 0.3) is 10.6 Å². The smallest absolute Gasteiger partial charge is 0.149 e. The molecule has 7 heteroatoms. The SMILES string of the molecule is Cc1csc(-c2c(N)nsc2NCc2cscc2C)n1. The Bertz CT molecular complexity index is 726. The van der Waals surface area contributed by atoms with Crippen LogP contribution >= 0.6 is 34.2 Å². The highest BCUT2D eigenvalue weighted by molar-refractivity contribution is 7.15. The first kappa shape index (κ1) is 13.5. The molecule has 0 aromatic carbocycles. The van der Waals surface area contributed by atoms with E-state index in [-0.39, 0.29) is 0 Å². The summed E-state index contributed by atoms with van der Waals surface area (Å²) in [5.41, 5.74) is 10.6. The molecule has 3 aromatic heterocycles. The largest absolute Gasteiger partial charge is 0.382 e. The molecule has 0 saturated carbocycles. The van der Waals surface area contributed by atoms with Crippen LogP contribution in [0.3, 0.4) is 0 Å². The van der Waals surface area contributed by atoms with Gasteiger partial charge >= 0.3 is 0 Å². The van der Waals surface area contributed by atoms with Crippen LogP contribution in [0, 0.1) is 13.8 Å². The van der Waals surface area contributed by atoms with Gasteiger partial charge in [-0.2, -0.15) is 15.7 Å². The Balaban J connectivity index is 1.86. The molecule has 3 heterocycles. The van der Waals surface area contributed by atoms with Crippen molar-refractivity contribution in [1.82, 2.24) is 9.36 Å². The number of rotatable bonds is 4. The Morgan fingerprint density at radius 3 is 2.75 bits per heavy atom. The number of nitrogen functional groups attached to an aromatic ring is 1. The van der Waals surface area contributed by atoms with E-state index in [1.807, 2.05) is 12.3 Å². The van der Waals surface area contributed by atoms with Gasteiger partial charge in [0.25, 0.3) is 0 Å². The first-order valence-electron chi connectivity index (χ1n) is 6.08. The third kappa shape index (κ3) is 2.56. The number of aromatic nitrogens is 2. The number of hydrogen-bond donors (Lipinski definition) is 2. The topological polar surface area (TPSA) is 63.8 Å². The van der Waals surface area contributed by atoms with Crippen LogP contribution < -0.4 is 11.1 Å². The van der Waals surface area contributed by atoms with Crippen molar-refractivity contribution in [2.75, 3.05) is 11.1 Å². The van der Waals surface area contributed by atoms with Crippen LogP contribution in [0.1, 0.15) is 16.8 Å². The van der Waals surface area contributed by atoms with Gasteiger partial charge in [-0.25, -0.2) is 4.98 Å². The first-order chi connectivity index (χ1) is 9.65. The van der Waals surface area contributed by atoms with Crippen LogP contribution in [-0.2, 0) is 6.54 Å². The lowest BCUT2D eigenvalue weighted by atomic mass is 10.2. The molecule has 0 bridgehead atoms. The molecule has 0 amide bonds. The van der Waals surface area contributed by atoms with E-state index in [1.165, 1.54) is 22.7 Å². The summed E-state index contributed by atoms with van der Waals surface area (Å²) in [6.07, 6.45) is 0. The lowest BCUT2D eigenvalue weighted by Crippen LogP contribution is -1.99. The van der Waals surface area contributed by atoms with Gasteiger partial charge in [-0.1, -0.05) is 0 Å². The van der Waals surface area contributed by atoms with Gasteiger partial charge in [0.1, 0.15) is 15.8 Å². The van der Waals surface area contributed by atoms with Crippen molar-refractivity contribution in [1.29, 1.82) is 0 Å². The van der Waals surface area contributed by atoms with Crippen LogP contribution in [0.4, 0.5) is 10.8 Å². The van der Waals surface area contributed by atoms with E-state index in [0.717, 1.165) is 27.8 Å². The lowest BCUT2D eigenvalue weighted by Gasteiger charge is -2.05. The van der Waals surface area contributed by atoms with E-state index in [4.69, 9.17) is 5.73 Å². The monoisotopic (exact) mass is 322 g/mol. The van der Waals surface area contributed by atoms with Gasteiger partial charge in [0.2, 0.25) is 0 Å². The Morgan fingerprint density at radius 2 is 2.10 bits per heavy atom. The van der Waals surface area contributed by atoms with Crippen molar-refractivity contribution in [2.45, 2.75) is 20.4 Å². The van der Waals surface area contributed by atoms with Crippen molar-refractivity contribution in [2.24, 2.45) is 0 Å². The summed E-state index contributed by atoms with van der Waals surface area (Å²) in [7, 11) is 0. The second-order valence-electron chi connectivity index (χ2n) is 4.50. The number of hydrogen-bond acceptors (Lipinski definition) is 7. The van der Waals surface area contributed by atoms with E-state index in [1.54, 1.807) is 22.7 Å². The molecule has 0 spiro atoms. The van der Waals surface area contributed by atoms with Crippen molar-refractivity contribution >= 4 is 45.0 Å². The molecule has 0 saturated heterocycles. The number of aryl methyl sites for hydroxylation is 2. The minimum absolute atomic E-state index is 0.550. The lowest BCUT2D eigenvalue weighted by molar-refractivity contribution is 1.15. The second-order valence-corrected chi connectivity index (χ2v) is 6.87. The molecule has 0 aliphatic rings. The number of nitrogens with one attached hydrogen (secondary N) is 1. The fourth-order valence-electron chi connectivity index (χ4n) is 1.84. The zero-order valence-electron chi connectivity index (χ0n) is 11.1.